The summed E-state index contributed by atoms with van der Waals surface area (Å²) in [5, 5.41) is 16.9. The van der Waals surface area contributed by atoms with E-state index in [-0.39, 0.29) is 28.4 Å². The number of nitro benzene ring substituents is 1. The van der Waals surface area contributed by atoms with Crippen molar-refractivity contribution >= 4 is 35.4 Å². The van der Waals surface area contributed by atoms with Gasteiger partial charge in [-0.1, -0.05) is 0 Å². The highest BCUT2D eigenvalue weighted by molar-refractivity contribution is 6.39. The van der Waals surface area contributed by atoms with Crippen molar-refractivity contribution in [3.63, 3.8) is 0 Å². The van der Waals surface area contributed by atoms with E-state index >= 15 is 0 Å². The summed E-state index contributed by atoms with van der Waals surface area (Å²) in [5.74, 6) is -1.72. The predicted molar refractivity (Wildman–Crippen MR) is 135 cm³/mol. The Morgan fingerprint density at radius 2 is 1.53 bits per heavy atom. The minimum Gasteiger partial charge on any atom is -0.497 e. The summed E-state index contributed by atoms with van der Waals surface area (Å²) >= 11 is 0. The molecule has 0 atom stereocenters. The minimum absolute atomic E-state index is 0.0867. The second kappa shape index (κ2) is 12.5. The Kier molecular flexibility index (Phi) is 8.91. The van der Waals surface area contributed by atoms with Crippen LogP contribution in [0, 0.1) is 10.1 Å². The standard InChI is InChI=1S/C25H22N4O9/c1-35-18-9-11-20(36-2)19(13-18)27-23(30)24(31)28-26-14-15-4-10-21(22(12-15)37-3)38-25(32)16-5-7-17(8-6-16)29(33)34/h4-14H,1-3H3,(H,27,30)(H,28,31)/b26-14+. The maximum Gasteiger partial charge on any atom is 0.343 e. The van der Waals surface area contributed by atoms with E-state index < -0.39 is 22.7 Å². The molecule has 196 valence electrons. The highest BCUT2D eigenvalue weighted by atomic mass is 16.6. The van der Waals surface area contributed by atoms with Crippen molar-refractivity contribution in [3.8, 4) is 23.0 Å². The lowest BCUT2D eigenvalue weighted by Gasteiger charge is -2.11. The number of amides is 2. The highest BCUT2D eigenvalue weighted by Crippen LogP contribution is 2.29. The number of nitrogens with zero attached hydrogens (tertiary/aromatic N) is 2. The maximum absolute atomic E-state index is 12.4. The van der Waals surface area contributed by atoms with Crippen molar-refractivity contribution in [2.75, 3.05) is 26.6 Å². The molecule has 2 N–H and O–H groups in total. The van der Waals surface area contributed by atoms with Crippen LogP contribution in [0.25, 0.3) is 0 Å². The number of hydrazone groups is 1. The van der Waals surface area contributed by atoms with Gasteiger partial charge in [-0.05, 0) is 48.0 Å². The maximum atomic E-state index is 12.4. The molecule has 3 rings (SSSR count). The van der Waals surface area contributed by atoms with Crippen molar-refractivity contribution in [2.45, 2.75) is 0 Å². The first kappa shape index (κ1) is 27.1. The van der Waals surface area contributed by atoms with E-state index in [0.717, 1.165) is 0 Å². The van der Waals surface area contributed by atoms with E-state index in [4.69, 9.17) is 18.9 Å². The molecule has 3 aromatic rings. The van der Waals surface area contributed by atoms with Gasteiger partial charge in [0, 0.05) is 18.2 Å². The van der Waals surface area contributed by atoms with Crippen LogP contribution < -0.4 is 29.7 Å². The zero-order valence-electron chi connectivity index (χ0n) is 20.4. The summed E-state index contributed by atoms with van der Waals surface area (Å²) in [4.78, 5) is 47.0. The van der Waals surface area contributed by atoms with E-state index in [9.17, 15) is 24.5 Å². The Labute approximate surface area is 216 Å². The molecule has 0 aromatic heterocycles. The van der Waals surface area contributed by atoms with Gasteiger partial charge in [-0.25, -0.2) is 10.2 Å². The molecule has 0 saturated heterocycles. The fourth-order valence-corrected chi connectivity index (χ4v) is 3.03. The number of hydrogen-bond acceptors (Lipinski definition) is 10. The summed E-state index contributed by atoms with van der Waals surface area (Å²) in [6, 6.07) is 14.1. The van der Waals surface area contributed by atoms with Crippen LogP contribution >= 0.6 is 0 Å². The molecule has 0 spiro atoms. The van der Waals surface area contributed by atoms with Gasteiger partial charge in [0.15, 0.2) is 11.5 Å². The summed E-state index contributed by atoms with van der Waals surface area (Å²) in [7, 11) is 4.23. The van der Waals surface area contributed by atoms with Crippen molar-refractivity contribution in [1.82, 2.24) is 5.43 Å². The van der Waals surface area contributed by atoms with Crippen LogP contribution in [0.4, 0.5) is 11.4 Å². The van der Waals surface area contributed by atoms with Gasteiger partial charge in [0.2, 0.25) is 0 Å². The molecule has 0 aliphatic heterocycles. The SMILES string of the molecule is COc1ccc(OC)c(NC(=O)C(=O)N/N=C/c2ccc(OC(=O)c3ccc([N+](=O)[O-])cc3)c(OC)c2)c1. The molecule has 13 heteroatoms. The molecule has 0 aliphatic carbocycles. The summed E-state index contributed by atoms with van der Waals surface area (Å²) in [6.07, 6.45) is 1.25. The zero-order valence-corrected chi connectivity index (χ0v) is 20.4. The van der Waals surface area contributed by atoms with Crippen LogP contribution in [0.1, 0.15) is 15.9 Å². The Hall–Kier alpha value is -5.46. The first-order chi connectivity index (χ1) is 18.2. The number of nitrogens with one attached hydrogen (secondary N) is 2. The molecule has 2 amide bonds. The van der Waals surface area contributed by atoms with Crippen LogP contribution in [-0.2, 0) is 9.59 Å². The van der Waals surface area contributed by atoms with E-state index in [1.165, 1.54) is 76.1 Å². The molecule has 0 bridgehead atoms. The molecule has 0 saturated carbocycles. The molecular formula is C25H22N4O9. The smallest absolute Gasteiger partial charge is 0.343 e. The second-order valence-electron chi connectivity index (χ2n) is 7.32. The third kappa shape index (κ3) is 6.81. The minimum atomic E-state index is -1.04. The average molecular weight is 522 g/mol. The first-order valence-corrected chi connectivity index (χ1v) is 10.8. The van der Waals surface area contributed by atoms with Gasteiger partial charge < -0.3 is 24.3 Å². The zero-order chi connectivity index (χ0) is 27.7. The summed E-state index contributed by atoms with van der Waals surface area (Å²) in [5.41, 5.74) is 2.74. The third-order valence-electron chi connectivity index (χ3n) is 4.94. The van der Waals surface area contributed by atoms with E-state index in [1.54, 1.807) is 12.1 Å². The van der Waals surface area contributed by atoms with Gasteiger partial charge in [0.05, 0.1) is 43.7 Å². The number of methoxy groups -OCH3 is 3. The second-order valence-corrected chi connectivity index (χ2v) is 7.32. The number of rotatable bonds is 9. The van der Waals surface area contributed by atoms with Crippen LogP contribution in [0.5, 0.6) is 23.0 Å². The fourth-order valence-electron chi connectivity index (χ4n) is 3.03. The average Bonchev–Trinajstić information content (AvgIpc) is 2.93. The van der Waals surface area contributed by atoms with Crippen molar-refractivity contribution in [1.29, 1.82) is 0 Å². The number of anilines is 1. The van der Waals surface area contributed by atoms with Crippen LogP contribution in [0.15, 0.2) is 65.8 Å². The van der Waals surface area contributed by atoms with E-state index in [1.807, 2.05) is 0 Å². The lowest BCUT2D eigenvalue weighted by Crippen LogP contribution is -2.32. The normalized spacial score (nSPS) is 10.4. The number of esters is 1. The molecule has 0 unspecified atom stereocenters. The Morgan fingerprint density at radius 1 is 0.842 bits per heavy atom. The molecule has 13 nitrogen and oxygen atoms in total. The lowest BCUT2D eigenvalue weighted by molar-refractivity contribution is -0.384. The number of benzene rings is 3. The van der Waals surface area contributed by atoms with Gasteiger partial charge in [0.1, 0.15) is 11.5 Å². The summed E-state index contributed by atoms with van der Waals surface area (Å²) < 4.78 is 20.8. The molecule has 0 radical (unpaired) electrons. The van der Waals surface area contributed by atoms with Crippen molar-refractivity contribution < 1.29 is 38.3 Å². The predicted octanol–water partition coefficient (Wildman–Crippen LogP) is 2.93. The van der Waals surface area contributed by atoms with Gasteiger partial charge in [0.25, 0.3) is 5.69 Å². The molecule has 0 fully saturated rings. The number of non-ortho nitro benzene ring substituents is 1. The Bertz CT molecular complexity index is 1390. The number of hydrogen-bond donors (Lipinski definition) is 2. The first-order valence-electron chi connectivity index (χ1n) is 10.8. The number of ether oxygens (including phenoxy) is 4. The number of nitro groups is 1. The van der Waals surface area contributed by atoms with Crippen molar-refractivity contribution in [3.05, 3.63) is 81.9 Å². The molecular weight excluding hydrogens is 500 g/mol. The highest BCUT2D eigenvalue weighted by Gasteiger charge is 2.17. The fraction of sp³-hybridized carbons (Fsp3) is 0.120. The van der Waals surface area contributed by atoms with Gasteiger partial charge in [-0.3, -0.25) is 19.7 Å². The van der Waals surface area contributed by atoms with Crippen LogP contribution in [0.3, 0.4) is 0 Å². The monoisotopic (exact) mass is 522 g/mol. The molecule has 0 heterocycles. The van der Waals surface area contributed by atoms with Crippen LogP contribution in [0.2, 0.25) is 0 Å². The van der Waals surface area contributed by atoms with Crippen LogP contribution in [-0.4, -0.2) is 50.3 Å². The molecule has 0 aliphatic rings. The number of carbonyl (C=O) groups excluding carboxylic acids is 3. The Balaban J connectivity index is 1.62. The Morgan fingerprint density at radius 3 is 2.16 bits per heavy atom. The van der Waals surface area contributed by atoms with E-state index in [2.05, 4.69) is 15.8 Å². The lowest BCUT2D eigenvalue weighted by atomic mass is 10.2. The van der Waals surface area contributed by atoms with Gasteiger partial charge in [-0.15, -0.1) is 0 Å². The van der Waals surface area contributed by atoms with Gasteiger partial charge >= 0.3 is 17.8 Å². The largest absolute Gasteiger partial charge is 0.497 e. The molecule has 3 aromatic carbocycles. The number of carbonyl (C=O) groups is 3. The third-order valence-corrected chi connectivity index (χ3v) is 4.94. The van der Waals surface area contributed by atoms with E-state index in [0.29, 0.717) is 17.1 Å². The summed E-state index contributed by atoms with van der Waals surface area (Å²) in [6.45, 7) is 0. The molecule has 38 heavy (non-hydrogen) atoms. The van der Waals surface area contributed by atoms with Gasteiger partial charge in [-0.2, -0.15) is 5.10 Å². The topological polar surface area (TPSA) is 168 Å². The quantitative estimate of drug-likeness (QED) is 0.107. The van der Waals surface area contributed by atoms with Crippen molar-refractivity contribution in [2.24, 2.45) is 5.10 Å².